The lowest BCUT2D eigenvalue weighted by Gasteiger charge is -2.31. The van der Waals surface area contributed by atoms with Crippen LogP contribution in [0.3, 0.4) is 0 Å². The van der Waals surface area contributed by atoms with Gasteiger partial charge in [0.2, 0.25) is 35.4 Å². The largest absolute Gasteiger partial charge is 0.508 e. The van der Waals surface area contributed by atoms with Crippen molar-refractivity contribution in [2.24, 2.45) is 11.7 Å². The number of rotatable bonds is 21. The maximum atomic E-state index is 14.6. The van der Waals surface area contributed by atoms with Crippen LogP contribution in [-0.2, 0) is 59.2 Å². The van der Waals surface area contributed by atoms with E-state index < -0.39 is 83.7 Å². The Hall–Kier alpha value is -7.28. The summed E-state index contributed by atoms with van der Waals surface area (Å²) in [5.41, 5.74) is 8.71. The number of benzene rings is 3. The number of hydrogen-bond acceptors (Lipinski definition) is 11. The molecule has 3 heterocycles. The highest BCUT2D eigenvalue weighted by molar-refractivity contribution is 5.97. The van der Waals surface area contributed by atoms with Gasteiger partial charge < -0.3 is 57.1 Å². The van der Waals surface area contributed by atoms with Crippen molar-refractivity contribution >= 4 is 41.4 Å². The third kappa shape index (κ3) is 13.6. The van der Waals surface area contributed by atoms with E-state index in [1.54, 1.807) is 54.6 Å². The normalized spacial score (nSPS) is 17.9. The maximum absolute atomic E-state index is 14.6. The number of nitrogens with zero attached hydrogens (tertiary/aromatic N) is 3. The number of likely N-dealkylation sites (tertiary alicyclic amines) is 2. The quantitative estimate of drug-likeness (QED) is 0.0575. The Morgan fingerprint density at radius 3 is 1.68 bits per heavy atom. The van der Waals surface area contributed by atoms with Gasteiger partial charge in [-0.3, -0.25) is 28.8 Å². The fourth-order valence-corrected chi connectivity index (χ4v) is 8.70. The van der Waals surface area contributed by atoms with Crippen LogP contribution in [0.2, 0.25) is 0 Å². The van der Waals surface area contributed by atoms with E-state index in [1.807, 2.05) is 13.8 Å². The zero-order chi connectivity index (χ0) is 48.9. The molecule has 0 aliphatic carbocycles. The molecule has 68 heavy (non-hydrogen) atoms. The molecule has 19 nitrogen and oxygen atoms in total. The number of aliphatic carboxylic acids is 1. The third-order valence-electron chi connectivity index (χ3n) is 12.2. The Morgan fingerprint density at radius 2 is 1.13 bits per heavy atom. The number of amides is 6. The van der Waals surface area contributed by atoms with Gasteiger partial charge in [-0.15, -0.1) is 0 Å². The average Bonchev–Trinajstić information content (AvgIpc) is 4.13. The number of nitrogens with one attached hydrogen (secondary N) is 5. The molecule has 0 bridgehead atoms. The van der Waals surface area contributed by atoms with E-state index in [-0.39, 0.29) is 75.5 Å². The van der Waals surface area contributed by atoms with Crippen LogP contribution >= 0.6 is 0 Å². The lowest BCUT2D eigenvalue weighted by Crippen LogP contribution is -2.60. The minimum atomic E-state index is -1.32. The first kappa shape index (κ1) is 50.1. The van der Waals surface area contributed by atoms with Crippen molar-refractivity contribution in [2.45, 2.75) is 114 Å². The standard InChI is InChI=1S/C49H61N9O10/c1-29(2)22-39(47(65)58-21-7-11-42(58)49(67)68)56-45(63)37(23-30-8-4-3-5-9-30)53-44(62)38(24-31-12-16-34(59)17-13-31)54-46(64)41-10-6-20-57(41)48(66)40(25-32-14-18-35(60)19-15-32)55-43(61)36(50)26-33-27-51-28-52-33/h3-5,8-9,12-19,27-29,36-42,59-60H,6-7,10-11,20-26,50H2,1-2H3,(H,51,52)(H,53,62)(H,54,64)(H,55,61)(H,56,63)(H,67,68)/t36-,37-,38-,39-,40-,41-,42-/m0/s1. The molecule has 2 saturated heterocycles. The highest BCUT2D eigenvalue weighted by Crippen LogP contribution is 2.23. The number of imidazole rings is 1. The van der Waals surface area contributed by atoms with Gasteiger partial charge >= 0.3 is 5.97 Å². The van der Waals surface area contributed by atoms with Gasteiger partial charge in [0.25, 0.3) is 0 Å². The Bertz CT molecular complexity index is 2360. The number of carbonyl (C=O) groups is 7. The van der Waals surface area contributed by atoms with Crippen molar-refractivity contribution in [1.29, 1.82) is 0 Å². The zero-order valence-electron chi connectivity index (χ0n) is 38.2. The van der Waals surface area contributed by atoms with Gasteiger partial charge in [0.05, 0.1) is 12.4 Å². The number of aromatic amines is 1. The van der Waals surface area contributed by atoms with Gasteiger partial charge in [-0.25, -0.2) is 9.78 Å². The number of carboxylic acid groups (broad SMARTS) is 1. The minimum absolute atomic E-state index is 0.00497. The van der Waals surface area contributed by atoms with E-state index in [1.165, 1.54) is 46.6 Å². The van der Waals surface area contributed by atoms with Crippen LogP contribution in [0.15, 0.2) is 91.4 Å². The first-order valence-corrected chi connectivity index (χ1v) is 22.9. The van der Waals surface area contributed by atoms with Crippen molar-refractivity contribution < 1.29 is 48.9 Å². The summed E-state index contributed by atoms with van der Waals surface area (Å²) in [7, 11) is 0. The predicted molar refractivity (Wildman–Crippen MR) is 248 cm³/mol. The van der Waals surface area contributed by atoms with E-state index in [4.69, 9.17) is 5.73 Å². The Balaban J connectivity index is 1.24. The number of carboxylic acids is 1. The van der Waals surface area contributed by atoms with E-state index in [0.29, 0.717) is 35.2 Å². The summed E-state index contributed by atoms with van der Waals surface area (Å²) >= 11 is 0. The van der Waals surface area contributed by atoms with Crippen LogP contribution in [0.4, 0.5) is 0 Å². The van der Waals surface area contributed by atoms with Crippen LogP contribution < -0.4 is 27.0 Å². The topological polar surface area (TPSA) is 289 Å². The second kappa shape index (κ2) is 23.4. The molecule has 6 amide bonds. The molecule has 2 aliphatic heterocycles. The third-order valence-corrected chi connectivity index (χ3v) is 12.2. The monoisotopic (exact) mass is 935 g/mol. The number of nitrogens with two attached hydrogens (primary N) is 1. The molecule has 0 saturated carbocycles. The van der Waals surface area contributed by atoms with Crippen LogP contribution in [0.5, 0.6) is 11.5 Å². The molecule has 10 N–H and O–H groups in total. The summed E-state index contributed by atoms with van der Waals surface area (Å²) in [6.45, 7) is 4.13. The highest BCUT2D eigenvalue weighted by atomic mass is 16.4. The summed E-state index contributed by atoms with van der Waals surface area (Å²) in [6.07, 6.45) is 4.66. The summed E-state index contributed by atoms with van der Waals surface area (Å²) in [4.78, 5) is 107. The lowest BCUT2D eigenvalue weighted by molar-refractivity contribution is -0.149. The molecule has 2 aliphatic rings. The summed E-state index contributed by atoms with van der Waals surface area (Å²) in [5.74, 6) is -5.04. The SMILES string of the molecule is CC(C)C[C@H](NC(=O)[C@H](Cc1ccccc1)NC(=O)[C@H](Cc1ccc(O)cc1)NC(=O)[C@@H]1CCCN1C(=O)[C@H](Cc1ccc(O)cc1)NC(=O)[C@@H](N)Cc1cnc[nH]1)C(=O)N1CCC[C@H]1C(=O)O. The molecule has 362 valence electrons. The number of carbonyl (C=O) groups excluding carboxylic acids is 6. The van der Waals surface area contributed by atoms with Crippen LogP contribution in [0, 0.1) is 5.92 Å². The number of hydrogen-bond donors (Lipinski definition) is 9. The number of phenolic OH excluding ortho intramolecular Hbond substituents is 2. The first-order valence-electron chi connectivity index (χ1n) is 22.9. The molecule has 1 aromatic heterocycles. The van der Waals surface area contributed by atoms with Crippen molar-refractivity contribution in [3.05, 3.63) is 114 Å². The molecule has 4 aromatic rings. The van der Waals surface area contributed by atoms with E-state index in [2.05, 4.69) is 31.2 Å². The highest BCUT2D eigenvalue weighted by Gasteiger charge is 2.41. The van der Waals surface area contributed by atoms with Crippen molar-refractivity contribution in [1.82, 2.24) is 41.0 Å². The summed E-state index contributed by atoms with van der Waals surface area (Å²) in [6, 6.07) is 13.1. The Labute approximate surface area is 394 Å². The Kier molecular flexibility index (Phi) is 17.3. The van der Waals surface area contributed by atoms with Gasteiger partial charge in [0.15, 0.2) is 0 Å². The van der Waals surface area contributed by atoms with E-state index in [0.717, 1.165) is 0 Å². The molecule has 0 spiro atoms. The fourth-order valence-electron chi connectivity index (χ4n) is 8.70. The van der Waals surface area contributed by atoms with Crippen LogP contribution in [-0.4, -0.2) is 132 Å². The number of H-pyrrole nitrogens is 1. The first-order chi connectivity index (χ1) is 32.6. The summed E-state index contributed by atoms with van der Waals surface area (Å²) in [5, 5.41) is 41.0. The summed E-state index contributed by atoms with van der Waals surface area (Å²) < 4.78 is 0. The zero-order valence-corrected chi connectivity index (χ0v) is 38.2. The predicted octanol–water partition coefficient (Wildman–Crippen LogP) is 1.47. The molecule has 7 atom stereocenters. The molecular weight excluding hydrogens is 875 g/mol. The van der Waals surface area contributed by atoms with E-state index in [9.17, 15) is 48.9 Å². The van der Waals surface area contributed by atoms with Crippen LogP contribution in [0.25, 0.3) is 0 Å². The smallest absolute Gasteiger partial charge is 0.326 e. The molecule has 0 radical (unpaired) electrons. The minimum Gasteiger partial charge on any atom is -0.508 e. The van der Waals surface area contributed by atoms with Gasteiger partial charge in [0, 0.05) is 50.7 Å². The van der Waals surface area contributed by atoms with Crippen molar-refractivity contribution in [3.63, 3.8) is 0 Å². The lowest BCUT2D eigenvalue weighted by atomic mass is 9.99. The molecule has 6 rings (SSSR count). The van der Waals surface area contributed by atoms with E-state index >= 15 is 0 Å². The average molecular weight is 936 g/mol. The molecule has 2 fully saturated rings. The van der Waals surface area contributed by atoms with Crippen molar-refractivity contribution in [3.8, 4) is 11.5 Å². The second-order valence-corrected chi connectivity index (χ2v) is 17.9. The molecule has 19 heteroatoms. The second-order valence-electron chi connectivity index (χ2n) is 17.9. The van der Waals surface area contributed by atoms with Gasteiger partial charge in [-0.1, -0.05) is 68.4 Å². The number of aromatic nitrogens is 2. The Morgan fingerprint density at radius 1 is 0.647 bits per heavy atom. The fraction of sp³-hybridized carbons (Fsp3) is 0.429. The number of phenols is 2. The van der Waals surface area contributed by atoms with Gasteiger partial charge in [-0.05, 0) is 79.0 Å². The van der Waals surface area contributed by atoms with Crippen LogP contribution in [0.1, 0.15) is 68.3 Å². The van der Waals surface area contributed by atoms with Gasteiger partial charge in [0.1, 0.15) is 47.8 Å². The number of aromatic hydroxyl groups is 2. The van der Waals surface area contributed by atoms with Gasteiger partial charge in [-0.2, -0.15) is 0 Å². The van der Waals surface area contributed by atoms with Crippen molar-refractivity contribution in [2.75, 3.05) is 13.1 Å². The molecule has 3 aromatic carbocycles. The molecular formula is C49H61N9O10. The molecule has 0 unspecified atom stereocenters. The maximum Gasteiger partial charge on any atom is 0.326 e.